The van der Waals surface area contributed by atoms with Gasteiger partial charge in [-0.25, -0.2) is 4.68 Å². The fourth-order valence-electron chi connectivity index (χ4n) is 3.15. The molecule has 1 aromatic heterocycles. The second kappa shape index (κ2) is 9.32. The van der Waals surface area contributed by atoms with Crippen LogP contribution in [0.5, 0.6) is 0 Å². The summed E-state index contributed by atoms with van der Waals surface area (Å²) in [5.41, 5.74) is 3.76. The van der Waals surface area contributed by atoms with E-state index in [0.29, 0.717) is 5.92 Å². The smallest absolute Gasteiger partial charge is 0.266 e. The Hall–Kier alpha value is -3.21. The van der Waals surface area contributed by atoms with Crippen LogP contribution in [-0.2, 0) is 11.3 Å². The molecule has 1 N–H and O–H groups in total. The molecule has 0 radical (unpaired) electrons. The van der Waals surface area contributed by atoms with Crippen molar-refractivity contribution in [2.45, 2.75) is 45.7 Å². The topological polar surface area (TPSA) is 64.0 Å². The third kappa shape index (κ3) is 5.41. The van der Waals surface area contributed by atoms with Gasteiger partial charge in [0.25, 0.3) is 5.56 Å². The summed E-state index contributed by atoms with van der Waals surface area (Å²) in [6, 6.07) is 21.1. The molecule has 3 aromatic rings. The molecule has 0 aliphatic rings. The highest BCUT2D eigenvalue weighted by Crippen LogP contribution is 2.20. The van der Waals surface area contributed by atoms with Gasteiger partial charge in [0, 0.05) is 18.1 Å². The van der Waals surface area contributed by atoms with Gasteiger partial charge in [-0.1, -0.05) is 68.4 Å². The molecule has 1 amide bonds. The molecule has 0 aliphatic heterocycles. The molecule has 0 unspecified atom stereocenters. The van der Waals surface area contributed by atoms with Crippen LogP contribution in [0.4, 0.5) is 0 Å². The zero-order valence-electron chi connectivity index (χ0n) is 17.1. The lowest BCUT2D eigenvalue weighted by Gasteiger charge is -2.14. The van der Waals surface area contributed by atoms with Crippen LogP contribution in [0.1, 0.15) is 50.3 Å². The second-order valence-electron chi connectivity index (χ2n) is 7.51. The maximum atomic E-state index is 12.3. The van der Waals surface area contributed by atoms with Crippen LogP contribution in [-0.4, -0.2) is 15.7 Å². The molecule has 0 fully saturated rings. The molecule has 5 nitrogen and oxygen atoms in total. The van der Waals surface area contributed by atoms with Crippen molar-refractivity contribution in [3.05, 3.63) is 88.2 Å². The summed E-state index contributed by atoms with van der Waals surface area (Å²) in [5.74, 6) is 0.351. The highest BCUT2D eigenvalue weighted by atomic mass is 16.2. The van der Waals surface area contributed by atoms with Gasteiger partial charge in [0.2, 0.25) is 5.91 Å². The zero-order valence-corrected chi connectivity index (χ0v) is 17.1. The minimum absolute atomic E-state index is 0.0841. The van der Waals surface area contributed by atoms with E-state index in [1.807, 2.05) is 49.4 Å². The van der Waals surface area contributed by atoms with Crippen molar-refractivity contribution in [2.75, 3.05) is 0 Å². The molecule has 0 saturated heterocycles. The average molecular weight is 389 g/mol. The van der Waals surface area contributed by atoms with Gasteiger partial charge >= 0.3 is 0 Å². The minimum atomic E-state index is -0.212. The number of aryl methyl sites for hydroxylation is 1. The average Bonchev–Trinajstić information content (AvgIpc) is 2.74. The second-order valence-corrected chi connectivity index (χ2v) is 7.51. The summed E-state index contributed by atoms with van der Waals surface area (Å²) in [6.45, 7) is 6.48. The largest absolute Gasteiger partial charge is 0.350 e. The molecule has 5 heteroatoms. The Bertz CT molecular complexity index is 1010. The molecular weight excluding hydrogens is 362 g/mol. The molecule has 1 atom stereocenters. The van der Waals surface area contributed by atoms with Gasteiger partial charge in [0.1, 0.15) is 0 Å². The maximum absolute atomic E-state index is 12.3. The molecule has 150 valence electrons. The highest BCUT2D eigenvalue weighted by molar-refractivity contribution is 5.76. The van der Waals surface area contributed by atoms with Crippen LogP contribution in [0.2, 0.25) is 0 Å². The zero-order chi connectivity index (χ0) is 20.8. The van der Waals surface area contributed by atoms with E-state index in [1.54, 1.807) is 6.07 Å². The SMILES string of the molecule is CC(C)c1ccc(-c2ccc(=O)n(CCC(=O)N[C@H](C)c3ccccc3)n2)cc1. The van der Waals surface area contributed by atoms with E-state index < -0.39 is 0 Å². The Kier molecular flexibility index (Phi) is 6.60. The van der Waals surface area contributed by atoms with Crippen LogP contribution in [0.15, 0.2) is 71.5 Å². The van der Waals surface area contributed by atoms with E-state index in [9.17, 15) is 9.59 Å². The summed E-state index contributed by atoms with van der Waals surface area (Å²) >= 11 is 0. The Labute approximate surface area is 171 Å². The lowest BCUT2D eigenvalue weighted by Crippen LogP contribution is -2.30. The molecule has 29 heavy (non-hydrogen) atoms. The third-order valence-electron chi connectivity index (χ3n) is 4.97. The summed E-state index contributed by atoms with van der Waals surface area (Å²) in [6.07, 6.45) is 0.194. The molecule has 0 bridgehead atoms. The van der Waals surface area contributed by atoms with Gasteiger partial charge in [0.05, 0.1) is 18.3 Å². The van der Waals surface area contributed by atoms with Gasteiger partial charge in [-0.2, -0.15) is 5.10 Å². The molecule has 0 saturated carbocycles. The molecule has 3 rings (SSSR count). The van der Waals surface area contributed by atoms with E-state index in [2.05, 4.69) is 36.4 Å². The Morgan fingerprint density at radius 3 is 2.28 bits per heavy atom. The van der Waals surface area contributed by atoms with Gasteiger partial charge in [-0.05, 0) is 30.0 Å². The molecule has 0 aliphatic carbocycles. The van der Waals surface area contributed by atoms with Crippen LogP contribution >= 0.6 is 0 Å². The van der Waals surface area contributed by atoms with Crippen LogP contribution in [0, 0.1) is 0 Å². The standard InChI is InChI=1S/C24H27N3O2/c1-17(2)19-9-11-21(12-10-19)22-13-14-24(29)27(26-22)16-15-23(28)25-18(3)20-7-5-4-6-8-20/h4-14,17-18H,15-16H2,1-3H3,(H,25,28)/t18-/m1/s1. The Morgan fingerprint density at radius 2 is 1.62 bits per heavy atom. The first-order valence-corrected chi connectivity index (χ1v) is 9.97. The van der Waals surface area contributed by atoms with Gasteiger partial charge in [-0.3, -0.25) is 9.59 Å². The van der Waals surface area contributed by atoms with Crippen molar-refractivity contribution in [2.24, 2.45) is 0 Å². The predicted molar refractivity (Wildman–Crippen MR) is 116 cm³/mol. The molecule has 2 aromatic carbocycles. The van der Waals surface area contributed by atoms with Crippen LogP contribution in [0.25, 0.3) is 11.3 Å². The van der Waals surface area contributed by atoms with Crippen molar-refractivity contribution in [3.8, 4) is 11.3 Å². The summed E-state index contributed by atoms with van der Waals surface area (Å²) in [5, 5.41) is 7.42. The normalized spacial score (nSPS) is 12.0. The minimum Gasteiger partial charge on any atom is -0.350 e. The van der Waals surface area contributed by atoms with Gasteiger partial charge in [-0.15, -0.1) is 0 Å². The highest BCUT2D eigenvalue weighted by Gasteiger charge is 2.11. The van der Waals surface area contributed by atoms with Crippen molar-refractivity contribution in [3.63, 3.8) is 0 Å². The quantitative estimate of drug-likeness (QED) is 0.655. The summed E-state index contributed by atoms with van der Waals surface area (Å²) in [7, 11) is 0. The van der Waals surface area contributed by atoms with E-state index >= 15 is 0 Å². The summed E-state index contributed by atoms with van der Waals surface area (Å²) in [4.78, 5) is 24.5. The lowest BCUT2D eigenvalue weighted by atomic mass is 10.0. The van der Waals surface area contributed by atoms with E-state index in [0.717, 1.165) is 16.8 Å². The number of nitrogens with zero attached hydrogens (tertiary/aromatic N) is 2. The predicted octanol–water partition coefficient (Wildman–Crippen LogP) is 4.30. The first kappa shape index (κ1) is 20.5. The fourth-order valence-corrected chi connectivity index (χ4v) is 3.15. The van der Waals surface area contributed by atoms with Crippen molar-refractivity contribution >= 4 is 5.91 Å². The number of aromatic nitrogens is 2. The first-order chi connectivity index (χ1) is 13.9. The molecular formula is C24H27N3O2. The van der Waals surface area contributed by atoms with E-state index in [4.69, 9.17) is 0 Å². The first-order valence-electron chi connectivity index (χ1n) is 9.97. The number of hydrogen-bond donors (Lipinski definition) is 1. The van der Waals surface area contributed by atoms with Crippen LogP contribution < -0.4 is 10.9 Å². The lowest BCUT2D eigenvalue weighted by molar-refractivity contribution is -0.122. The van der Waals surface area contributed by atoms with Crippen molar-refractivity contribution < 1.29 is 4.79 Å². The van der Waals surface area contributed by atoms with Gasteiger partial charge < -0.3 is 5.32 Å². The number of hydrogen-bond acceptors (Lipinski definition) is 3. The number of nitrogens with one attached hydrogen (secondary N) is 1. The van der Waals surface area contributed by atoms with Gasteiger partial charge in [0.15, 0.2) is 0 Å². The van der Waals surface area contributed by atoms with E-state index in [1.165, 1.54) is 16.3 Å². The summed E-state index contributed by atoms with van der Waals surface area (Å²) < 4.78 is 1.36. The molecule has 1 heterocycles. The monoisotopic (exact) mass is 389 g/mol. The van der Waals surface area contributed by atoms with Crippen molar-refractivity contribution in [1.29, 1.82) is 0 Å². The maximum Gasteiger partial charge on any atom is 0.266 e. The Balaban J connectivity index is 1.65. The number of amides is 1. The van der Waals surface area contributed by atoms with Crippen molar-refractivity contribution in [1.82, 2.24) is 15.1 Å². The number of rotatable bonds is 7. The number of carbonyl (C=O) groups excluding carboxylic acids is 1. The van der Waals surface area contributed by atoms with Crippen LogP contribution in [0.3, 0.4) is 0 Å². The molecule has 0 spiro atoms. The third-order valence-corrected chi connectivity index (χ3v) is 4.97. The fraction of sp³-hybridized carbons (Fsp3) is 0.292. The number of carbonyl (C=O) groups is 1. The number of benzene rings is 2. The van der Waals surface area contributed by atoms with E-state index in [-0.39, 0.29) is 30.5 Å². The Morgan fingerprint density at radius 1 is 0.931 bits per heavy atom.